The van der Waals surface area contributed by atoms with Crippen LogP contribution in [-0.2, 0) is 4.79 Å². The molecular weight excluding hydrogens is 358 g/mol. The third-order valence-electron chi connectivity index (χ3n) is 4.33. The first-order valence-corrected chi connectivity index (χ1v) is 10.4. The van der Waals surface area contributed by atoms with Crippen molar-refractivity contribution in [1.29, 1.82) is 0 Å². The number of benzene rings is 1. The first-order chi connectivity index (χ1) is 11.6. The Balaban J connectivity index is 1.67. The van der Waals surface area contributed by atoms with Gasteiger partial charge in [0.1, 0.15) is 0 Å². The molecule has 7 heteroatoms. The summed E-state index contributed by atoms with van der Waals surface area (Å²) in [6.07, 6.45) is 3.41. The molecule has 0 bridgehead atoms. The lowest BCUT2D eigenvalue weighted by Crippen LogP contribution is -2.48. The molecule has 1 aliphatic heterocycles. The van der Waals surface area contributed by atoms with Gasteiger partial charge in [0, 0.05) is 12.1 Å². The summed E-state index contributed by atoms with van der Waals surface area (Å²) < 4.78 is 3.31. The van der Waals surface area contributed by atoms with Gasteiger partial charge in [0.2, 0.25) is 5.91 Å². The van der Waals surface area contributed by atoms with Crippen LogP contribution >= 0.6 is 35.3 Å². The van der Waals surface area contributed by atoms with E-state index in [2.05, 4.69) is 18.9 Å². The summed E-state index contributed by atoms with van der Waals surface area (Å²) in [5.74, 6) is 0.623. The molecule has 1 saturated heterocycles. The molecule has 0 N–H and O–H groups in total. The second kappa shape index (κ2) is 7.80. The molecule has 0 unspecified atom stereocenters. The first kappa shape index (κ1) is 17.6. The normalized spacial score (nSPS) is 21.0. The number of carbonyl (C=O) groups is 1. The molecule has 1 amide bonds. The first-order valence-electron chi connectivity index (χ1n) is 8.16. The van der Waals surface area contributed by atoms with Gasteiger partial charge in [-0.3, -0.25) is 4.79 Å². The molecule has 3 rings (SSSR count). The molecule has 4 nitrogen and oxygen atoms in total. The summed E-state index contributed by atoms with van der Waals surface area (Å²) >= 11 is 8.35. The van der Waals surface area contributed by atoms with Gasteiger partial charge in [0.15, 0.2) is 8.29 Å². The van der Waals surface area contributed by atoms with Crippen molar-refractivity contribution < 1.29 is 4.79 Å². The number of para-hydroxylation sites is 1. The minimum Gasteiger partial charge on any atom is -0.337 e. The highest BCUT2D eigenvalue weighted by atomic mass is 32.2. The van der Waals surface area contributed by atoms with Crippen molar-refractivity contribution >= 4 is 41.2 Å². The lowest BCUT2D eigenvalue weighted by molar-refractivity contribution is -0.134. The van der Waals surface area contributed by atoms with Crippen LogP contribution < -0.4 is 0 Å². The van der Waals surface area contributed by atoms with Crippen LogP contribution in [0, 0.1) is 3.95 Å². The molecule has 24 heavy (non-hydrogen) atoms. The summed E-state index contributed by atoms with van der Waals surface area (Å²) in [5, 5.41) is 4.56. The highest BCUT2D eigenvalue weighted by molar-refractivity contribution is 8.01. The number of amides is 1. The van der Waals surface area contributed by atoms with Gasteiger partial charge in [-0.1, -0.05) is 41.3 Å². The summed E-state index contributed by atoms with van der Waals surface area (Å²) in [7, 11) is 0. The number of carbonyl (C=O) groups excluding carboxylic acids is 1. The fraction of sp³-hybridized carbons (Fsp3) is 0.471. The summed E-state index contributed by atoms with van der Waals surface area (Å²) in [6.45, 7) is 4.29. The van der Waals surface area contributed by atoms with Crippen LogP contribution in [0.1, 0.15) is 33.1 Å². The molecule has 0 spiro atoms. The fourth-order valence-corrected chi connectivity index (χ4v) is 5.39. The monoisotopic (exact) mass is 379 g/mol. The average molecular weight is 380 g/mol. The molecule has 2 aromatic rings. The van der Waals surface area contributed by atoms with Gasteiger partial charge >= 0.3 is 0 Å². The van der Waals surface area contributed by atoms with E-state index in [1.807, 2.05) is 35.2 Å². The molecule has 128 valence electrons. The van der Waals surface area contributed by atoms with E-state index in [0.717, 1.165) is 22.9 Å². The summed E-state index contributed by atoms with van der Waals surface area (Å²) in [6, 6.07) is 10.5. The van der Waals surface area contributed by atoms with Crippen molar-refractivity contribution in [2.24, 2.45) is 0 Å². The van der Waals surface area contributed by atoms with Crippen LogP contribution in [0.25, 0.3) is 5.69 Å². The van der Waals surface area contributed by atoms with E-state index in [1.54, 1.807) is 4.68 Å². The van der Waals surface area contributed by atoms with Crippen molar-refractivity contribution in [3.63, 3.8) is 0 Å². The predicted octanol–water partition coefficient (Wildman–Crippen LogP) is 4.54. The van der Waals surface area contributed by atoms with Gasteiger partial charge in [-0.15, -0.1) is 5.10 Å². The van der Waals surface area contributed by atoms with Crippen molar-refractivity contribution in [2.45, 2.75) is 49.5 Å². The van der Waals surface area contributed by atoms with Gasteiger partial charge in [-0.25, -0.2) is 4.68 Å². The Morgan fingerprint density at radius 2 is 1.96 bits per heavy atom. The van der Waals surface area contributed by atoms with Crippen LogP contribution in [-0.4, -0.2) is 38.4 Å². The van der Waals surface area contributed by atoms with Crippen molar-refractivity contribution in [3.05, 3.63) is 34.3 Å². The van der Waals surface area contributed by atoms with Crippen molar-refractivity contribution in [2.75, 3.05) is 5.75 Å². The van der Waals surface area contributed by atoms with Crippen LogP contribution in [0.4, 0.5) is 0 Å². The minimum absolute atomic E-state index is 0.201. The molecule has 0 aliphatic carbocycles. The Morgan fingerprint density at radius 1 is 1.29 bits per heavy atom. The second-order valence-corrected chi connectivity index (χ2v) is 8.94. The van der Waals surface area contributed by atoms with Crippen LogP contribution in [0.5, 0.6) is 0 Å². The van der Waals surface area contributed by atoms with E-state index in [0.29, 0.717) is 21.8 Å². The Morgan fingerprint density at radius 3 is 2.62 bits per heavy atom. The van der Waals surface area contributed by atoms with Gasteiger partial charge in [0.05, 0.1) is 11.4 Å². The number of rotatable bonds is 4. The standard InChI is InChI=1S/C17H21N3OS3/c1-12-7-6-8-13(2)19(12)15(21)11-23-16-18-20(17(22)24-16)14-9-4-3-5-10-14/h3-5,9-10,12-13H,6-8,11H2,1-2H3/t12-,13-/m0/s1. The number of hydrogen-bond acceptors (Lipinski definition) is 5. The highest BCUT2D eigenvalue weighted by Gasteiger charge is 2.28. The number of nitrogens with zero attached hydrogens (tertiary/aromatic N) is 3. The highest BCUT2D eigenvalue weighted by Crippen LogP contribution is 2.27. The van der Waals surface area contributed by atoms with Gasteiger partial charge < -0.3 is 4.90 Å². The van der Waals surface area contributed by atoms with Gasteiger partial charge in [0.25, 0.3) is 0 Å². The summed E-state index contributed by atoms with van der Waals surface area (Å²) in [5.41, 5.74) is 0.954. The smallest absolute Gasteiger partial charge is 0.233 e. The van der Waals surface area contributed by atoms with Crippen molar-refractivity contribution in [1.82, 2.24) is 14.7 Å². The van der Waals surface area contributed by atoms with Crippen molar-refractivity contribution in [3.8, 4) is 5.69 Å². The lowest BCUT2D eigenvalue weighted by Gasteiger charge is -2.39. The topological polar surface area (TPSA) is 38.1 Å². The Kier molecular flexibility index (Phi) is 5.73. The maximum Gasteiger partial charge on any atom is 0.233 e. The maximum absolute atomic E-state index is 12.6. The molecule has 2 atom stereocenters. The number of likely N-dealkylation sites (tertiary alicyclic amines) is 1. The third kappa shape index (κ3) is 3.90. The van der Waals surface area contributed by atoms with E-state index < -0.39 is 0 Å². The fourth-order valence-electron chi connectivity index (χ4n) is 3.16. The quantitative estimate of drug-likeness (QED) is 0.577. The number of hydrogen-bond donors (Lipinski definition) is 0. The van der Waals surface area contributed by atoms with Crippen LogP contribution in [0.2, 0.25) is 0 Å². The number of piperidine rings is 1. The minimum atomic E-state index is 0.201. The lowest BCUT2D eigenvalue weighted by atomic mass is 9.98. The van der Waals surface area contributed by atoms with E-state index in [1.165, 1.54) is 29.5 Å². The molecule has 1 aromatic carbocycles. The Hall–Kier alpha value is -1.18. The van der Waals surface area contributed by atoms with Crippen LogP contribution in [0.3, 0.4) is 0 Å². The third-order valence-corrected chi connectivity index (χ3v) is 6.68. The maximum atomic E-state index is 12.6. The van der Waals surface area contributed by atoms with E-state index in [4.69, 9.17) is 12.2 Å². The average Bonchev–Trinajstić information content (AvgIpc) is 2.94. The zero-order chi connectivity index (χ0) is 17.1. The molecule has 1 aliphatic rings. The number of thioether (sulfide) groups is 1. The molecular formula is C17H21N3OS3. The van der Waals surface area contributed by atoms with E-state index in [9.17, 15) is 4.79 Å². The summed E-state index contributed by atoms with van der Waals surface area (Å²) in [4.78, 5) is 14.6. The SMILES string of the molecule is C[C@H]1CCC[C@H](C)N1C(=O)CSc1nn(-c2ccccc2)c(=S)s1. The van der Waals surface area contributed by atoms with Gasteiger partial charge in [-0.2, -0.15) is 0 Å². The zero-order valence-electron chi connectivity index (χ0n) is 13.8. The van der Waals surface area contributed by atoms with Gasteiger partial charge in [-0.05, 0) is 57.5 Å². The Bertz CT molecular complexity index is 746. The number of aromatic nitrogens is 2. The molecule has 0 radical (unpaired) electrons. The largest absolute Gasteiger partial charge is 0.337 e. The van der Waals surface area contributed by atoms with Crippen LogP contribution in [0.15, 0.2) is 34.7 Å². The zero-order valence-corrected chi connectivity index (χ0v) is 16.3. The molecule has 0 saturated carbocycles. The molecule has 1 aromatic heterocycles. The second-order valence-electron chi connectivity index (χ2n) is 6.10. The molecule has 2 heterocycles. The predicted molar refractivity (Wildman–Crippen MR) is 103 cm³/mol. The molecule has 1 fully saturated rings. The Labute approximate surface area is 155 Å². The van der Waals surface area contributed by atoms with E-state index >= 15 is 0 Å². The van der Waals surface area contributed by atoms with E-state index in [-0.39, 0.29) is 5.91 Å².